The molecule has 1 saturated carbocycles. The Morgan fingerprint density at radius 1 is 1.43 bits per heavy atom. The zero-order valence-electron chi connectivity index (χ0n) is 7.78. The molecule has 0 unspecified atom stereocenters. The first-order chi connectivity index (χ1) is 6.84. The predicted molar refractivity (Wildman–Crippen MR) is 56.1 cm³/mol. The molecule has 3 nitrogen and oxygen atoms in total. The van der Waals surface area contributed by atoms with Crippen LogP contribution in [-0.2, 0) is 4.74 Å². The summed E-state index contributed by atoms with van der Waals surface area (Å²) in [6.45, 7) is 1.14. The van der Waals surface area contributed by atoms with Crippen molar-refractivity contribution in [2.24, 2.45) is 5.92 Å². The smallest absolute Gasteiger partial charge is 0.189 e. The third kappa shape index (κ3) is 3.27. The Labute approximate surface area is 91.6 Å². The van der Waals surface area contributed by atoms with Crippen molar-refractivity contribution >= 4 is 15.9 Å². The van der Waals surface area contributed by atoms with Crippen LogP contribution in [0.3, 0.4) is 0 Å². The molecular weight excluding hydrogens is 246 g/mol. The fraction of sp³-hybridized carbons (Fsp3) is 0.500. The van der Waals surface area contributed by atoms with E-state index in [9.17, 15) is 0 Å². The minimum absolute atomic E-state index is 0.319. The van der Waals surface area contributed by atoms with Gasteiger partial charge in [-0.15, -0.1) is 0 Å². The summed E-state index contributed by atoms with van der Waals surface area (Å²) >= 11 is 3.26. The number of nitrogens with zero attached hydrogens (tertiary/aromatic N) is 1. The highest BCUT2D eigenvalue weighted by molar-refractivity contribution is 9.10. The highest BCUT2D eigenvalue weighted by Gasteiger charge is 2.20. The lowest BCUT2D eigenvalue weighted by Crippen LogP contribution is -2.05. The van der Waals surface area contributed by atoms with E-state index in [4.69, 9.17) is 9.47 Å². The van der Waals surface area contributed by atoms with Crippen molar-refractivity contribution < 1.29 is 9.47 Å². The van der Waals surface area contributed by atoms with Crippen LogP contribution in [0.4, 0.5) is 0 Å². The SMILES string of the molecule is Brc1ccc(OCOCC2CC2)cn1. The van der Waals surface area contributed by atoms with Crippen LogP contribution in [0.15, 0.2) is 22.9 Å². The maximum Gasteiger partial charge on any atom is 0.189 e. The lowest BCUT2D eigenvalue weighted by Gasteiger charge is -2.05. The summed E-state index contributed by atoms with van der Waals surface area (Å²) < 4.78 is 11.5. The van der Waals surface area contributed by atoms with Crippen LogP contribution < -0.4 is 4.74 Å². The third-order valence-corrected chi connectivity index (χ3v) is 2.53. The number of ether oxygens (including phenoxy) is 2. The quantitative estimate of drug-likeness (QED) is 0.462. The molecule has 0 radical (unpaired) electrons. The number of aromatic nitrogens is 1. The van der Waals surface area contributed by atoms with Gasteiger partial charge in [0.2, 0.25) is 0 Å². The highest BCUT2D eigenvalue weighted by atomic mass is 79.9. The Morgan fingerprint density at radius 3 is 2.93 bits per heavy atom. The minimum atomic E-state index is 0.319. The first-order valence-electron chi connectivity index (χ1n) is 4.67. The molecule has 0 atom stereocenters. The van der Waals surface area contributed by atoms with Crippen molar-refractivity contribution in [3.63, 3.8) is 0 Å². The number of halogens is 1. The summed E-state index contributed by atoms with van der Waals surface area (Å²) in [4.78, 5) is 4.04. The van der Waals surface area contributed by atoms with Gasteiger partial charge >= 0.3 is 0 Å². The van der Waals surface area contributed by atoms with E-state index in [1.807, 2.05) is 12.1 Å². The van der Waals surface area contributed by atoms with Gasteiger partial charge in [0.15, 0.2) is 6.79 Å². The van der Waals surface area contributed by atoms with Gasteiger partial charge in [0.05, 0.1) is 12.8 Å². The maximum atomic E-state index is 5.33. The van der Waals surface area contributed by atoms with Crippen molar-refractivity contribution in [2.75, 3.05) is 13.4 Å². The van der Waals surface area contributed by atoms with Crippen LogP contribution in [-0.4, -0.2) is 18.4 Å². The molecule has 76 valence electrons. The molecule has 0 saturated heterocycles. The van der Waals surface area contributed by atoms with Gasteiger partial charge in [-0.3, -0.25) is 0 Å². The molecule has 14 heavy (non-hydrogen) atoms. The molecule has 2 rings (SSSR count). The zero-order chi connectivity index (χ0) is 9.80. The molecule has 1 fully saturated rings. The Hall–Kier alpha value is -0.610. The molecule has 0 spiro atoms. The van der Waals surface area contributed by atoms with E-state index >= 15 is 0 Å². The van der Waals surface area contributed by atoms with Crippen LogP contribution in [0, 0.1) is 5.92 Å². The fourth-order valence-corrected chi connectivity index (χ4v) is 1.29. The van der Waals surface area contributed by atoms with E-state index in [2.05, 4.69) is 20.9 Å². The van der Waals surface area contributed by atoms with E-state index in [0.717, 1.165) is 22.9 Å². The van der Waals surface area contributed by atoms with Crippen molar-refractivity contribution in [1.82, 2.24) is 4.98 Å². The lowest BCUT2D eigenvalue weighted by molar-refractivity contribution is 0.00977. The molecule has 1 aliphatic rings. The predicted octanol–water partition coefficient (Wildman–Crippen LogP) is 2.61. The van der Waals surface area contributed by atoms with Crippen LogP contribution in [0.2, 0.25) is 0 Å². The number of hydrogen-bond acceptors (Lipinski definition) is 3. The third-order valence-electron chi connectivity index (χ3n) is 2.06. The van der Waals surface area contributed by atoms with Gasteiger partial charge in [0.1, 0.15) is 10.4 Å². The Balaban J connectivity index is 1.66. The van der Waals surface area contributed by atoms with Crippen LogP contribution >= 0.6 is 15.9 Å². The second-order valence-electron chi connectivity index (χ2n) is 3.39. The topological polar surface area (TPSA) is 31.4 Å². The highest BCUT2D eigenvalue weighted by Crippen LogP contribution is 2.28. The minimum Gasteiger partial charge on any atom is -0.466 e. The van der Waals surface area contributed by atoms with E-state index < -0.39 is 0 Å². The van der Waals surface area contributed by atoms with E-state index in [0.29, 0.717) is 6.79 Å². The summed E-state index contributed by atoms with van der Waals surface area (Å²) in [5.41, 5.74) is 0. The molecule has 1 heterocycles. The number of rotatable bonds is 5. The normalized spacial score (nSPS) is 15.5. The molecule has 0 aromatic carbocycles. The molecule has 4 heteroatoms. The van der Waals surface area contributed by atoms with Gasteiger partial charge in [0, 0.05) is 0 Å². The van der Waals surface area contributed by atoms with Gasteiger partial charge in [-0.05, 0) is 46.8 Å². The molecule has 0 bridgehead atoms. The summed E-state index contributed by atoms with van der Waals surface area (Å²) in [7, 11) is 0. The second-order valence-corrected chi connectivity index (χ2v) is 4.21. The van der Waals surface area contributed by atoms with Gasteiger partial charge in [-0.1, -0.05) is 0 Å². The standard InChI is InChI=1S/C10H12BrNO2/c11-10-4-3-9(5-12-10)14-7-13-6-8-1-2-8/h3-5,8H,1-2,6-7H2. The first kappa shape index (κ1) is 9.93. The van der Waals surface area contributed by atoms with Crippen molar-refractivity contribution in [3.8, 4) is 5.75 Å². The summed E-state index contributed by atoms with van der Waals surface area (Å²) in [6.07, 6.45) is 4.28. The average molecular weight is 258 g/mol. The van der Waals surface area contributed by atoms with Gasteiger partial charge in [0.25, 0.3) is 0 Å². The van der Waals surface area contributed by atoms with Gasteiger partial charge < -0.3 is 9.47 Å². The fourth-order valence-electron chi connectivity index (χ4n) is 1.06. The van der Waals surface area contributed by atoms with Crippen LogP contribution in [0.5, 0.6) is 5.75 Å². The first-order valence-corrected chi connectivity index (χ1v) is 5.46. The molecule has 0 amide bonds. The largest absolute Gasteiger partial charge is 0.466 e. The Morgan fingerprint density at radius 2 is 2.29 bits per heavy atom. The Kier molecular flexibility index (Phi) is 3.37. The monoisotopic (exact) mass is 257 g/mol. The van der Waals surface area contributed by atoms with Gasteiger partial charge in [-0.2, -0.15) is 0 Å². The Bertz CT molecular complexity index is 285. The van der Waals surface area contributed by atoms with Crippen molar-refractivity contribution in [1.29, 1.82) is 0 Å². The average Bonchev–Trinajstić information content (AvgIpc) is 2.99. The van der Waals surface area contributed by atoms with Crippen LogP contribution in [0.25, 0.3) is 0 Å². The van der Waals surface area contributed by atoms with Crippen molar-refractivity contribution in [2.45, 2.75) is 12.8 Å². The molecule has 1 aromatic heterocycles. The molecular formula is C10H12BrNO2. The summed E-state index contributed by atoms with van der Waals surface area (Å²) in [6, 6.07) is 3.70. The summed E-state index contributed by atoms with van der Waals surface area (Å²) in [5.74, 6) is 1.52. The van der Waals surface area contributed by atoms with Crippen molar-refractivity contribution in [3.05, 3.63) is 22.9 Å². The zero-order valence-corrected chi connectivity index (χ0v) is 9.37. The molecule has 1 aromatic rings. The lowest BCUT2D eigenvalue weighted by atomic mass is 10.5. The van der Waals surface area contributed by atoms with E-state index in [1.54, 1.807) is 6.20 Å². The summed E-state index contributed by atoms with van der Waals surface area (Å²) in [5, 5.41) is 0. The molecule has 0 aliphatic heterocycles. The van der Waals surface area contributed by atoms with Gasteiger partial charge in [-0.25, -0.2) is 4.98 Å². The van der Waals surface area contributed by atoms with Crippen LogP contribution in [0.1, 0.15) is 12.8 Å². The van der Waals surface area contributed by atoms with E-state index in [1.165, 1.54) is 12.8 Å². The number of hydrogen-bond donors (Lipinski definition) is 0. The van der Waals surface area contributed by atoms with E-state index in [-0.39, 0.29) is 0 Å². The maximum absolute atomic E-state index is 5.33. The molecule has 0 N–H and O–H groups in total. The second kappa shape index (κ2) is 4.75. The number of pyridine rings is 1. The molecule has 1 aliphatic carbocycles.